The van der Waals surface area contributed by atoms with Crippen molar-refractivity contribution < 1.29 is 23.8 Å². The zero-order valence-corrected chi connectivity index (χ0v) is 13.4. The van der Waals surface area contributed by atoms with Crippen LogP contribution >= 0.6 is 11.6 Å². The highest BCUT2D eigenvalue weighted by Gasteiger charge is 2.22. The standard InChI is InChI=1S/C16H13ClN2O5/c1-9(24-16(21)11-3-2-6-18-14(11)17)15(20)19-10-4-5-12-13(7-10)23-8-22-12/h2-7,9H,8H2,1H3,(H,19,20)/t9-/m1/s1. The van der Waals surface area contributed by atoms with Crippen molar-refractivity contribution in [3.05, 3.63) is 47.2 Å². The summed E-state index contributed by atoms with van der Waals surface area (Å²) in [5, 5.41) is 2.66. The summed E-state index contributed by atoms with van der Waals surface area (Å²) in [6, 6.07) is 8.01. The van der Waals surface area contributed by atoms with Gasteiger partial charge in [-0.05, 0) is 31.2 Å². The molecule has 7 nitrogen and oxygen atoms in total. The summed E-state index contributed by atoms with van der Waals surface area (Å²) in [5.41, 5.74) is 0.605. The summed E-state index contributed by atoms with van der Waals surface area (Å²) >= 11 is 5.83. The minimum absolute atomic E-state index is 0.0193. The van der Waals surface area contributed by atoms with E-state index in [9.17, 15) is 9.59 Å². The number of benzene rings is 1. The van der Waals surface area contributed by atoms with Gasteiger partial charge in [0, 0.05) is 18.0 Å². The largest absolute Gasteiger partial charge is 0.454 e. The number of halogens is 1. The molecule has 124 valence electrons. The highest BCUT2D eigenvalue weighted by atomic mass is 35.5. The van der Waals surface area contributed by atoms with Crippen LogP contribution < -0.4 is 14.8 Å². The van der Waals surface area contributed by atoms with E-state index in [0.29, 0.717) is 17.2 Å². The Morgan fingerprint density at radius 3 is 2.88 bits per heavy atom. The second-order valence-corrected chi connectivity index (χ2v) is 5.30. The molecule has 1 amide bonds. The monoisotopic (exact) mass is 348 g/mol. The van der Waals surface area contributed by atoms with Crippen molar-refractivity contribution in [2.75, 3.05) is 12.1 Å². The lowest BCUT2D eigenvalue weighted by atomic mass is 10.2. The smallest absolute Gasteiger partial charge is 0.342 e. The van der Waals surface area contributed by atoms with E-state index in [4.69, 9.17) is 25.8 Å². The first-order valence-electron chi connectivity index (χ1n) is 7.06. The summed E-state index contributed by atoms with van der Waals surface area (Å²) in [6.07, 6.45) is 0.439. The van der Waals surface area contributed by atoms with E-state index < -0.39 is 18.0 Å². The van der Waals surface area contributed by atoms with Crippen LogP contribution in [0.15, 0.2) is 36.5 Å². The van der Waals surface area contributed by atoms with Crippen molar-refractivity contribution in [2.45, 2.75) is 13.0 Å². The molecule has 1 N–H and O–H groups in total. The number of rotatable bonds is 4. The number of hydrogen-bond donors (Lipinski definition) is 1. The number of nitrogens with one attached hydrogen (secondary N) is 1. The highest BCUT2D eigenvalue weighted by molar-refractivity contribution is 6.32. The molecule has 2 aromatic rings. The van der Waals surface area contributed by atoms with E-state index in [1.54, 1.807) is 24.3 Å². The van der Waals surface area contributed by atoms with Crippen molar-refractivity contribution in [3.8, 4) is 11.5 Å². The van der Waals surface area contributed by atoms with Crippen molar-refractivity contribution in [3.63, 3.8) is 0 Å². The minimum Gasteiger partial charge on any atom is -0.454 e. The topological polar surface area (TPSA) is 86.8 Å². The van der Waals surface area contributed by atoms with E-state index in [1.165, 1.54) is 19.2 Å². The van der Waals surface area contributed by atoms with Crippen molar-refractivity contribution in [2.24, 2.45) is 0 Å². The third-order valence-electron chi connectivity index (χ3n) is 3.27. The molecular formula is C16H13ClN2O5. The van der Waals surface area contributed by atoms with Gasteiger partial charge in [0.05, 0.1) is 5.56 Å². The maximum absolute atomic E-state index is 12.2. The molecule has 2 heterocycles. The van der Waals surface area contributed by atoms with Crippen LogP contribution in [0.4, 0.5) is 5.69 Å². The molecule has 1 aromatic carbocycles. The first kappa shape index (κ1) is 16.1. The normalized spacial score (nSPS) is 13.2. The van der Waals surface area contributed by atoms with Crippen LogP contribution in [-0.4, -0.2) is 29.8 Å². The van der Waals surface area contributed by atoms with E-state index in [0.717, 1.165) is 0 Å². The second-order valence-electron chi connectivity index (χ2n) is 4.95. The fourth-order valence-electron chi connectivity index (χ4n) is 2.03. The fourth-order valence-corrected chi connectivity index (χ4v) is 2.23. The molecule has 3 rings (SSSR count). The number of carbonyl (C=O) groups is 2. The van der Waals surface area contributed by atoms with Gasteiger partial charge < -0.3 is 19.5 Å². The number of hydrogen-bond acceptors (Lipinski definition) is 6. The Bertz CT molecular complexity index is 796. The van der Waals surface area contributed by atoms with Gasteiger partial charge in [0.1, 0.15) is 5.15 Å². The molecule has 1 aliphatic rings. The Labute approximate surface area is 142 Å². The van der Waals surface area contributed by atoms with Crippen molar-refractivity contribution in [1.29, 1.82) is 0 Å². The molecule has 0 spiro atoms. The summed E-state index contributed by atoms with van der Waals surface area (Å²) in [5.74, 6) is -0.0538. The maximum Gasteiger partial charge on any atom is 0.342 e. The predicted octanol–water partition coefficient (Wildman–Crippen LogP) is 2.65. The fraction of sp³-hybridized carbons (Fsp3) is 0.188. The molecule has 0 bridgehead atoms. The average molecular weight is 349 g/mol. The number of aromatic nitrogens is 1. The van der Waals surface area contributed by atoms with Gasteiger partial charge in [-0.25, -0.2) is 9.78 Å². The Morgan fingerprint density at radius 2 is 2.08 bits per heavy atom. The van der Waals surface area contributed by atoms with Crippen LogP contribution in [0.2, 0.25) is 5.15 Å². The molecular weight excluding hydrogens is 336 g/mol. The zero-order valence-electron chi connectivity index (χ0n) is 12.6. The van der Waals surface area contributed by atoms with Gasteiger partial charge >= 0.3 is 5.97 Å². The third kappa shape index (κ3) is 3.41. The van der Waals surface area contributed by atoms with Gasteiger partial charge in [-0.2, -0.15) is 0 Å². The van der Waals surface area contributed by atoms with Gasteiger partial charge in [0.2, 0.25) is 6.79 Å². The van der Waals surface area contributed by atoms with Crippen LogP contribution in [-0.2, 0) is 9.53 Å². The Balaban J connectivity index is 1.63. The average Bonchev–Trinajstić information content (AvgIpc) is 3.02. The van der Waals surface area contributed by atoms with Crippen LogP contribution in [0.1, 0.15) is 17.3 Å². The van der Waals surface area contributed by atoms with E-state index in [1.807, 2.05) is 0 Å². The molecule has 0 fully saturated rings. The molecule has 1 aliphatic heterocycles. The minimum atomic E-state index is -1.01. The first-order valence-corrected chi connectivity index (χ1v) is 7.44. The molecule has 0 radical (unpaired) electrons. The number of fused-ring (bicyclic) bond motifs is 1. The molecule has 1 atom stereocenters. The van der Waals surface area contributed by atoms with Crippen LogP contribution in [0.3, 0.4) is 0 Å². The van der Waals surface area contributed by atoms with E-state index >= 15 is 0 Å². The summed E-state index contributed by atoms with van der Waals surface area (Å²) < 4.78 is 15.5. The van der Waals surface area contributed by atoms with Gasteiger partial charge in [-0.3, -0.25) is 4.79 Å². The SMILES string of the molecule is C[C@@H](OC(=O)c1cccnc1Cl)C(=O)Nc1ccc2c(c1)OCO2. The van der Waals surface area contributed by atoms with Crippen LogP contribution in [0.5, 0.6) is 11.5 Å². The number of esters is 1. The second kappa shape index (κ2) is 6.76. The summed E-state index contributed by atoms with van der Waals surface area (Å²) in [4.78, 5) is 28.0. The lowest BCUT2D eigenvalue weighted by molar-refractivity contribution is -0.123. The number of amides is 1. The lowest BCUT2D eigenvalue weighted by Gasteiger charge is -2.14. The number of nitrogens with zero attached hydrogens (tertiary/aromatic N) is 1. The number of ether oxygens (including phenoxy) is 3. The summed E-state index contributed by atoms with van der Waals surface area (Å²) in [7, 11) is 0. The van der Waals surface area contributed by atoms with Crippen LogP contribution in [0, 0.1) is 0 Å². The number of anilines is 1. The quantitative estimate of drug-likeness (QED) is 0.675. The molecule has 0 unspecified atom stereocenters. The van der Waals surface area contributed by atoms with E-state index in [-0.39, 0.29) is 17.5 Å². The van der Waals surface area contributed by atoms with Gasteiger partial charge in [0.25, 0.3) is 5.91 Å². The van der Waals surface area contributed by atoms with Crippen molar-refractivity contribution in [1.82, 2.24) is 4.98 Å². The molecule has 0 saturated carbocycles. The molecule has 0 aliphatic carbocycles. The molecule has 0 saturated heterocycles. The number of pyridine rings is 1. The summed E-state index contributed by atoms with van der Waals surface area (Å²) in [6.45, 7) is 1.61. The highest BCUT2D eigenvalue weighted by Crippen LogP contribution is 2.34. The molecule has 24 heavy (non-hydrogen) atoms. The predicted molar refractivity (Wildman–Crippen MR) is 85.3 cm³/mol. The van der Waals surface area contributed by atoms with Gasteiger partial charge in [-0.15, -0.1) is 0 Å². The lowest BCUT2D eigenvalue weighted by Crippen LogP contribution is -2.30. The third-order valence-corrected chi connectivity index (χ3v) is 3.57. The zero-order chi connectivity index (χ0) is 17.1. The Morgan fingerprint density at radius 1 is 1.29 bits per heavy atom. The van der Waals surface area contributed by atoms with E-state index in [2.05, 4.69) is 10.3 Å². The van der Waals surface area contributed by atoms with Crippen molar-refractivity contribution >= 4 is 29.2 Å². The Hall–Kier alpha value is -2.80. The Kier molecular flexibility index (Phi) is 4.52. The van der Waals surface area contributed by atoms with Gasteiger partial charge in [-0.1, -0.05) is 11.6 Å². The maximum atomic E-state index is 12.2. The first-order chi connectivity index (χ1) is 11.5. The van der Waals surface area contributed by atoms with Gasteiger partial charge in [0.15, 0.2) is 17.6 Å². The molecule has 8 heteroatoms. The number of carbonyl (C=O) groups excluding carboxylic acids is 2. The molecule has 1 aromatic heterocycles. The van der Waals surface area contributed by atoms with Crippen LogP contribution in [0.25, 0.3) is 0 Å².